The summed E-state index contributed by atoms with van der Waals surface area (Å²) in [6.07, 6.45) is 5.83. The third kappa shape index (κ3) is 2.90. The number of nitrogens with zero attached hydrogens (tertiary/aromatic N) is 1. The maximum Gasteiger partial charge on any atom is 0.228 e. The number of rotatable bonds is 3. The standard InChI is InChI=1S/C18H15NO2/c1-2-14-11-18(20)19(13-14)15-7-6-10-17(12-15)21-16-8-4-3-5-9-16/h1,3-10,12,14H,11,13H2. The molecule has 3 nitrogen and oxygen atoms in total. The highest BCUT2D eigenvalue weighted by atomic mass is 16.5. The SMILES string of the molecule is C#CC1CC(=O)N(c2cccc(Oc3ccccc3)c2)C1. The minimum Gasteiger partial charge on any atom is -0.457 e. The Morgan fingerprint density at radius 3 is 2.57 bits per heavy atom. The van der Waals surface area contributed by atoms with Gasteiger partial charge in [-0.3, -0.25) is 4.79 Å². The molecule has 21 heavy (non-hydrogen) atoms. The minimum atomic E-state index is -0.00352. The molecule has 104 valence electrons. The number of anilines is 1. The fourth-order valence-corrected chi connectivity index (χ4v) is 2.41. The quantitative estimate of drug-likeness (QED) is 0.804. The lowest BCUT2D eigenvalue weighted by Crippen LogP contribution is -2.24. The molecule has 3 heteroatoms. The Balaban J connectivity index is 1.81. The van der Waals surface area contributed by atoms with Crippen molar-refractivity contribution < 1.29 is 9.53 Å². The van der Waals surface area contributed by atoms with Crippen LogP contribution < -0.4 is 9.64 Å². The van der Waals surface area contributed by atoms with Gasteiger partial charge in [0.05, 0.1) is 0 Å². The van der Waals surface area contributed by atoms with Crippen molar-refractivity contribution in [1.29, 1.82) is 0 Å². The van der Waals surface area contributed by atoms with Gasteiger partial charge >= 0.3 is 0 Å². The zero-order valence-electron chi connectivity index (χ0n) is 11.5. The highest BCUT2D eigenvalue weighted by Crippen LogP contribution is 2.29. The van der Waals surface area contributed by atoms with Crippen LogP contribution in [0.25, 0.3) is 0 Å². The highest BCUT2D eigenvalue weighted by Gasteiger charge is 2.29. The number of ether oxygens (including phenoxy) is 1. The van der Waals surface area contributed by atoms with Crippen molar-refractivity contribution in [2.24, 2.45) is 5.92 Å². The summed E-state index contributed by atoms with van der Waals surface area (Å²) >= 11 is 0. The third-order valence-corrected chi connectivity index (χ3v) is 3.47. The second-order valence-electron chi connectivity index (χ2n) is 4.98. The first-order valence-electron chi connectivity index (χ1n) is 6.86. The van der Waals surface area contributed by atoms with Gasteiger partial charge in [-0.15, -0.1) is 12.3 Å². The van der Waals surface area contributed by atoms with Crippen LogP contribution in [0.15, 0.2) is 54.6 Å². The van der Waals surface area contributed by atoms with Gasteiger partial charge in [0, 0.05) is 30.6 Å². The van der Waals surface area contributed by atoms with Crippen molar-refractivity contribution in [1.82, 2.24) is 0 Å². The molecular formula is C18H15NO2. The molecular weight excluding hydrogens is 262 g/mol. The van der Waals surface area contributed by atoms with Crippen LogP contribution >= 0.6 is 0 Å². The Labute approximate surface area is 124 Å². The summed E-state index contributed by atoms with van der Waals surface area (Å²) in [7, 11) is 0. The van der Waals surface area contributed by atoms with Gasteiger partial charge in [0.1, 0.15) is 11.5 Å². The number of terminal acetylenes is 1. The van der Waals surface area contributed by atoms with Crippen molar-refractivity contribution in [3.63, 3.8) is 0 Å². The predicted octanol–water partition coefficient (Wildman–Crippen LogP) is 3.47. The number of amides is 1. The van der Waals surface area contributed by atoms with Gasteiger partial charge < -0.3 is 9.64 Å². The highest BCUT2D eigenvalue weighted by molar-refractivity contribution is 5.96. The van der Waals surface area contributed by atoms with Crippen LogP contribution in [0.1, 0.15) is 6.42 Å². The lowest BCUT2D eigenvalue weighted by atomic mass is 10.1. The summed E-state index contributed by atoms with van der Waals surface area (Å²) < 4.78 is 5.79. The molecule has 1 aliphatic rings. The fourth-order valence-electron chi connectivity index (χ4n) is 2.41. The van der Waals surface area contributed by atoms with Crippen molar-refractivity contribution in [3.8, 4) is 23.8 Å². The molecule has 2 aromatic carbocycles. The zero-order valence-corrected chi connectivity index (χ0v) is 11.5. The first kappa shape index (κ1) is 13.3. The van der Waals surface area contributed by atoms with Crippen molar-refractivity contribution in [2.75, 3.05) is 11.4 Å². The molecule has 1 saturated heterocycles. The average Bonchev–Trinajstić information content (AvgIpc) is 2.90. The van der Waals surface area contributed by atoms with E-state index in [0.717, 1.165) is 11.4 Å². The van der Waals surface area contributed by atoms with Gasteiger partial charge in [-0.2, -0.15) is 0 Å². The molecule has 2 aromatic rings. The third-order valence-electron chi connectivity index (χ3n) is 3.47. The van der Waals surface area contributed by atoms with Crippen molar-refractivity contribution in [3.05, 3.63) is 54.6 Å². The molecule has 1 heterocycles. The monoisotopic (exact) mass is 277 g/mol. The first-order valence-corrected chi connectivity index (χ1v) is 6.86. The van der Waals surface area contributed by atoms with Gasteiger partial charge in [-0.25, -0.2) is 0 Å². The van der Waals surface area contributed by atoms with Crippen LogP contribution in [0.2, 0.25) is 0 Å². The summed E-state index contributed by atoms with van der Waals surface area (Å²) in [5.74, 6) is 4.19. The molecule has 0 N–H and O–H groups in total. The minimum absolute atomic E-state index is 0.00352. The molecule has 0 aliphatic carbocycles. The van der Waals surface area contributed by atoms with E-state index in [2.05, 4.69) is 5.92 Å². The van der Waals surface area contributed by atoms with Gasteiger partial charge in [-0.05, 0) is 24.3 Å². The van der Waals surface area contributed by atoms with E-state index in [9.17, 15) is 4.79 Å². The van der Waals surface area contributed by atoms with E-state index >= 15 is 0 Å². The van der Waals surface area contributed by atoms with Crippen LogP contribution in [0.3, 0.4) is 0 Å². The molecule has 3 rings (SSSR count). The Morgan fingerprint density at radius 2 is 1.86 bits per heavy atom. The van der Waals surface area contributed by atoms with Crippen LogP contribution in [-0.2, 0) is 4.79 Å². The van der Waals surface area contributed by atoms with Gasteiger partial charge in [-0.1, -0.05) is 24.3 Å². The largest absolute Gasteiger partial charge is 0.457 e. The van der Waals surface area contributed by atoms with E-state index in [4.69, 9.17) is 11.2 Å². The fraction of sp³-hybridized carbons (Fsp3) is 0.167. The summed E-state index contributed by atoms with van der Waals surface area (Å²) in [6.45, 7) is 0.574. The number of benzene rings is 2. The molecule has 1 fully saturated rings. The Morgan fingerprint density at radius 1 is 1.10 bits per heavy atom. The van der Waals surface area contributed by atoms with Gasteiger partial charge in [0.15, 0.2) is 0 Å². The number of para-hydroxylation sites is 1. The first-order chi connectivity index (χ1) is 10.3. The topological polar surface area (TPSA) is 29.5 Å². The second-order valence-corrected chi connectivity index (χ2v) is 4.98. The predicted molar refractivity (Wildman–Crippen MR) is 82.3 cm³/mol. The van der Waals surface area contributed by atoms with E-state index in [1.165, 1.54) is 0 Å². The molecule has 0 aromatic heterocycles. The second kappa shape index (κ2) is 5.72. The number of hydrogen-bond acceptors (Lipinski definition) is 2. The maximum atomic E-state index is 12.0. The van der Waals surface area contributed by atoms with Crippen LogP contribution in [0, 0.1) is 18.3 Å². The normalized spacial score (nSPS) is 17.6. The van der Waals surface area contributed by atoms with Crippen LogP contribution in [0.5, 0.6) is 11.5 Å². The molecule has 1 atom stereocenters. The lowest BCUT2D eigenvalue weighted by Gasteiger charge is -2.17. The van der Waals surface area contributed by atoms with E-state index in [0.29, 0.717) is 18.7 Å². The number of carbonyl (C=O) groups is 1. The molecule has 1 aliphatic heterocycles. The Bertz CT molecular complexity index is 688. The van der Waals surface area contributed by atoms with E-state index in [-0.39, 0.29) is 11.8 Å². The molecule has 1 amide bonds. The smallest absolute Gasteiger partial charge is 0.228 e. The summed E-state index contributed by atoms with van der Waals surface area (Å²) in [5.41, 5.74) is 0.825. The molecule has 0 spiro atoms. The zero-order chi connectivity index (χ0) is 14.7. The van der Waals surface area contributed by atoms with E-state index in [1.807, 2.05) is 54.6 Å². The van der Waals surface area contributed by atoms with E-state index < -0.39 is 0 Å². The van der Waals surface area contributed by atoms with Crippen molar-refractivity contribution in [2.45, 2.75) is 6.42 Å². The molecule has 0 radical (unpaired) electrons. The summed E-state index contributed by atoms with van der Waals surface area (Å²) in [6, 6.07) is 17.1. The van der Waals surface area contributed by atoms with Crippen molar-refractivity contribution >= 4 is 11.6 Å². The summed E-state index contributed by atoms with van der Waals surface area (Å²) in [5, 5.41) is 0. The summed E-state index contributed by atoms with van der Waals surface area (Å²) in [4.78, 5) is 13.7. The molecule has 1 unspecified atom stereocenters. The number of carbonyl (C=O) groups excluding carboxylic acids is 1. The molecule has 0 saturated carbocycles. The maximum absolute atomic E-state index is 12.0. The lowest BCUT2D eigenvalue weighted by molar-refractivity contribution is -0.117. The Hall–Kier alpha value is -2.73. The van der Waals surface area contributed by atoms with Gasteiger partial charge in [0.2, 0.25) is 5.91 Å². The molecule has 0 bridgehead atoms. The van der Waals surface area contributed by atoms with Gasteiger partial charge in [0.25, 0.3) is 0 Å². The van der Waals surface area contributed by atoms with Crippen LogP contribution in [-0.4, -0.2) is 12.5 Å². The Kier molecular flexibility index (Phi) is 3.61. The number of hydrogen-bond donors (Lipinski definition) is 0. The van der Waals surface area contributed by atoms with E-state index in [1.54, 1.807) is 4.90 Å². The van der Waals surface area contributed by atoms with Crippen LogP contribution in [0.4, 0.5) is 5.69 Å². The average molecular weight is 277 g/mol.